The molecule has 0 fully saturated rings. The number of nitrogens with one attached hydrogen (secondary N) is 1. The summed E-state index contributed by atoms with van der Waals surface area (Å²) in [5.41, 5.74) is 0.836. The lowest BCUT2D eigenvalue weighted by Gasteiger charge is -2.26. The molecule has 0 spiro atoms. The van der Waals surface area contributed by atoms with Crippen molar-refractivity contribution in [2.45, 2.75) is 32.6 Å². The number of carbonyl (C=O) groups excluding carboxylic acids is 3. The highest BCUT2D eigenvalue weighted by Crippen LogP contribution is 2.28. The van der Waals surface area contributed by atoms with Crippen LogP contribution in [0.5, 0.6) is 0 Å². The first kappa shape index (κ1) is 27.8. The molecule has 3 aromatic rings. The Bertz CT molecular complexity index is 1240. The molecule has 0 heterocycles. The lowest BCUT2D eigenvalue weighted by atomic mass is 9.99. The minimum absolute atomic E-state index is 0.0537. The van der Waals surface area contributed by atoms with Gasteiger partial charge in [0.2, 0.25) is 0 Å². The van der Waals surface area contributed by atoms with Crippen LogP contribution < -0.4 is 5.32 Å². The van der Waals surface area contributed by atoms with Crippen molar-refractivity contribution in [3.63, 3.8) is 0 Å². The minimum atomic E-state index is -1.21. The van der Waals surface area contributed by atoms with Crippen LogP contribution in [0.15, 0.2) is 72.8 Å². The van der Waals surface area contributed by atoms with Crippen molar-refractivity contribution in [1.82, 2.24) is 5.32 Å². The van der Waals surface area contributed by atoms with Gasteiger partial charge in [-0.3, -0.25) is 4.79 Å². The number of aliphatic hydroxyl groups is 1. The van der Waals surface area contributed by atoms with Gasteiger partial charge >= 0.3 is 11.9 Å². The largest absolute Gasteiger partial charge is 0.460 e. The third-order valence-corrected chi connectivity index (χ3v) is 5.88. The summed E-state index contributed by atoms with van der Waals surface area (Å²) in [6.07, 6.45) is -1.21. The van der Waals surface area contributed by atoms with Crippen molar-refractivity contribution < 1.29 is 33.4 Å². The van der Waals surface area contributed by atoms with Crippen LogP contribution in [0.25, 0.3) is 0 Å². The number of rotatable bonds is 10. The molecule has 0 aliphatic rings. The Balaban J connectivity index is 1.87. The third-order valence-electron chi connectivity index (χ3n) is 5.54. The Morgan fingerprint density at radius 3 is 2.05 bits per heavy atom. The Hall–Kier alpha value is -3.75. The number of amides is 1. The maximum absolute atomic E-state index is 14.3. The van der Waals surface area contributed by atoms with Gasteiger partial charge in [0, 0.05) is 10.6 Å². The zero-order valence-electron chi connectivity index (χ0n) is 20.3. The van der Waals surface area contributed by atoms with Gasteiger partial charge in [-0.15, -0.1) is 0 Å². The highest BCUT2D eigenvalue weighted by atomic mass is 35.5. The molecule has 0 aliphatic heterocycles. The number of halogens is 2. The summed E-state index contributed by atoms with van der Waals surface area (Å²) in [5, 5.41) is 12.5. The van der Waals surface area contributed by atoms with E-state index < -0.39 is 54.9 Å². The van der Waals surface area contributed by atoms with Gasteiger partial charge in [0.1, 0.15) is 12.4 Å². The molecule has 9 heteroatoms. The molecule has 0 aliphatic carbocycles. The number of carbonyl (C=O) groups is 3. The highest BCUT2D eigenvalue weighted by Gasteiger charge is 2.31. The van der Waals surface area contributed by atoms with Gasteiger partial charge in [-0.2, -0.15) is 0 Å². The molecule has 2 atom stereocenters. The number of aliphatic hydroxyl groups excluding tert-OH is 1. The predicted molar refractivity (Wildman–Crippen MR) is 135 cm³/mol. The molecule has 1 amide bonds. The minimum Gasteiger partial charge on any atom is -0.460 e. The fourth-order valence-electron chi connectivity index (χ4n) is 3.63. The number of ether oxygens (including phenoxy) is 2. The van der Waals surface area contributed by atoms with Crippen molar-refractivity contribution >= 4 is 29.4 Å². The van der Waals surface area contributed by atoms with Gasteiger partial charge < -0.3 is 19.9 Å². The van der Waals surface area contributed by atoms with E-state index in [4.69, 9.17) is 21.1 Å². The summed E-state index contributed by atoms with van der Waals surface area (Å²) in [5.74, 6) is -3.17. The maximum Gasteiger partial charge on any atom is 0.338 e. The first-order chi connectivity index (χ1) is 17.7. The Kier molecular flexibility index (Phi) is 9.77. The van der Waals surface area contributed by atoms with E-state index in [0.717, 1.165) is 12.1 Å². The van der Waals surface area contributed by atoms with Gasteiger partial charge in [-0.05, 0) is 47.9 Å². The van der Waals surface area contributed by atoms with Crippen LogP contribution in [0, 0.1) is 11.7 Å². The molecular formula is C28H27ClFNO6. The first-order valence-corrected chi connectivity index (χ1v) is 12.0. The molecule has 194 valence electrons. The van der Waals surface area contributed by atoms with E-state index in [1.54, 1.807) is 74.5 Å². The molecule has 37 heavy (non-hydrogen) atoms. The van der Waals surface area contributed by atoms with E-state index in [2.05, 4.69) is 5.32 Å². The number of esters is 2. The van der Waals surface area contributed by atoms with E-state index >= 15 is 0 Å². The molecule has 1 unspecified atom stereocenters. The second-order valence-electron chi connectivity index (χ2n) is 8.58. The van der Waals surface area contributed by atoms with Crippen molar-refractivity contribution in [3.05, 3.63) is 106 Å². The number of hydrogen-bond acceptors (Lipinski definition) is 6. The summed E-state index contributed by atoms with van der Waals surface area (Å²) in [4.78, 5) is 38.5. The monoisotopic (exact) mass is 527 g/mol. The first-order valence-electron chi connectivity index (χ1n) is 11.6. The van der Waals surface area contributed by atoms with Crippen LogP contribution in [0.3, 0.4) is 0 Å². The van der Waals surface area contributed by atoms with Crippen LogP contribution >= 0.6 is 11.6 Å². The van der Waals surface area contributed by atoms with Crippen LogP contribution in [-0.2, 0) is 20.9 Å². The SMILES string of the molecule is CC(C)C(OC(=O)c1ccccc1)C(=O)N[C@@H](COC(=O)c1ccccc1)c1cc(F)cc(Cl)c1CO. The second kappa shape index (κ2) is 13.0. The Morgan fingerprint density at radius 1 is 0.946 bits per heavy atom. The van der Waals surface area contributed by atoms with E-state index in [-0.39, 0.29) is 27.3 Å². The lowest BCUT2D eigenvalue weighted by Crippen LogP contribution is -2.44. The number of benzene rings is 3. The molecule has 3 aromatic carbocycles. The van der Waals surface area contributed by atoms with Gasteiger partial charge in [0.15, 0.2) is 6.10 Å². The number of hydrogen-bond donors (Lipinski definition) is 2. The van der Waals surface area contributed by atoms with Gasteiger partial charge in [0.05, 0.1) is 23.8 Å². The van der Waals surface area contributed by atoms with E-state index in [0.29, 0.717) is 0 Å². The second-order valence-corrected chi connectivity index (χ2v) is 8.98. The van der Waals surface area contributed by atoms with Crippen molar-refractivity contribution in [2.24, 2.45) is 5.92 Å². The molecule has 7 nitrogen and oxygen atoms in total. The summed E-state index contributed by atoms with van der Waals surface area (Å²) in [6, 6.07) is 17.4. The smallest absolute Gasteiger partial charge is 0.338 e. The average Bonchev–Trinajstić information content (AvgIpc) is 2.89. The zero-order chi connectivity index (χ0) is 26.9. The van der Waals surface area contributed by atoms with Crippen molar-refractivity contribution in [2.75, 3.05) is 6.61 Å². The zero-order valence-corrected chi connectivity index (χ0v) is 21.1. The molecule has 0 radical (unpaired) electrons. The van der Waals surface area contributed by atoms with E-state index in [1.807, 2.05) is 0 Å². The molecule has 2 N–H and O–H groups in total. The van der Waals surface area contributed by atoms with Crippen LogP contribution in [0.4, 0.5) is 4.39 Å². The summed E-state index contributed by atoms with van der Waals surface area (Å²) in [7, 11) is 0. The molecular weight excluding hydrogens is 501 g/mol. The van der Waals surface area contributed by atoms with E-state index in [1.165, 1.54) is 0 Å². The van der Waals surface area contributed by atoms with E-state index in [9.17, 15) is 23.9 Å². The molecule has 0 saturated carbocycles. The Morgan fingerprint density at radius 2 is 1.51 bits per heavy atom. The Labute approximate surface area is 219 Å². The quantitative estimate of drug-likeness (QED) is 0.365. The van der Waals surface area contributed by atoms with Gasteiger partial charge in [-0.1, -0.05) is 61.8 Å². The maximum atomic E-state index is 14.3. The van der Waals surface area contributed by atoms with Crippen LogP contribution in [-0.4, -0.2) is 35.7 Å². The van der Waals surface area contributed by atoms with Crippen LogP contribution in [0.2, 0.25) is 5.02 Å². The van der Waals surface area contributed by atoms with Crippen LogP contribution in [0.1, 0.15) is 51.7 Å². The topological polar surface area (TPSA) is 102 Å². The lowest BCUT2D eigenvalue weighted by molar-refractivity contribution is -0.133. The average molecular weight is 528 g/mol. The fourth-order valence-corrected chi connectivity index (χ4v) is 3.90. The normalized spacial score (nSPS) is 12.5. The van der Waals surface area contributed by atoms with Gasteiger partial charge in [0.25, 0.3) is 5.91 Å². The highest BCUT2D eigenvalue weighted by molar-refractivity contribution is 6.31. The molecule has 0 saturated heterocycles. The molecule has 0 bridgehead atoms. The third kappa shape index (κ3) is 7.38. The summed E-state index contributed by atoms with van der Waals surface area (Å²) in [6.45, 7) is 2.45. The van der Waals surface area contributed by atoms with Crippen molar-refractivity contribution in [3.8, 4) is 0 Å². The fraction of sp³-hybridized carbons (Fsp3) is 0.250. The standard InChI is InChI=1S/C28H27ClFNO6/c1-17(2)25(37-28(35)19-11-7-4-8-12-19)26(33)31-24(16-36-27(34)18-9-5-3-6-10-18)21-13-20(30)14-23(29)22(21)15-32/h3-14,17,24-25,32H,15-16H2,1-2H3,(H,31,33)/t24-,25?/m0/s1. The van der Waals surface area contributed by atoms with Crippen molar-refractivity contribution in [1.29, 1.82) is 0 Å². The predicted octanol–water partition coefficient (Wildman–Crippen LogP) is 4.87. The molecule has 3 rings (SSSR count). The summed E-state index contributed by atoms with van der Waals surface area (Å²) < 4.78 is 25.2. The van der Waals surface area contributed by atoms with Gasteiger partial charge in [-0.25, -0.2) is 14.0 Å². The summed E-state index contributed by atoms with van der Waals surface area (Å²) >= 11 is 6.13. The molecule has 0 aromatic heterocycles.